The normalized spacial score (nSPS) is 24.2. The van der Waals surface area contributed by atoms with Crippen LogP contribution in [0.1, 0.15) is 31.2 Å². The van der Waals surface area contributed by atoms with E-state index in [0.717, 1.165) is 37.8 Å². The summed E-state index contributed by atoms with van der Waals surface area (Å²) in [5, 5.41) is 3.64. The van der Waals surface area contributed by atoms with Crippen LogP contribution < -0.4 is 5.32 Å². The number of alkyl halides is 1. The van der Waals surface area contributed by atoms with Crippen LogP contribution in [0.4, 0.5) is 8.78 Å². The van der Waals surface area contributed by atoms with Gasteiger partial charge in [0, 0.05) is 11.9 Å². The molecule has 1 fully saturated rings. The van der Waals surface area contributed by atoms with Crippen LogP contribution in [0.5, 0.6) is 0 Å². The summed E-state index contributed by atoms with van der Waals surface area (Å²) in [4.78, 5) is 0. The summed E-state index contributed by atoms with van der Waals surface area (Å²) in [7, 11) is 0. The molecule has 0 bridgehead atoms. The van der Waals surface area contributed by atoms with Crippen LogP contribution in [0.2, 0.25) is 0 Å². The molecular formula is C14H18ClF2N. The summed E-state index contributed by atoms with van der Waals surface area (Å²) in [6.45, 7) is 1.50. The first-order valence-electron chi connectivity index (χ1n) is 6.44. The minimum absolute atomic E-state index is 0.340. The van der Waals surface area contributed by atoms with Crippen LogP contribution in [0.15, 0.2) is 18.2 Å². The molecule has 100 valence electrons. The molecule has 1 aromatic rings. The Bertz CT molecular complexity index is 389. The lowest BCUT2D eigenvalue weighted by atomic mass is 9.89. The van der Waals surface area contributed by atoms with E-state index in [9.17, 15) is 8.78 Å². The molecule has 0 unspecified atom stereocenters. The van der Waals surface area contributed by atoms with Gasteiger partial charge in [-0.25, -0.2) is 8.78 Å². The van der Waals surface area contributed by atoms with Gasteiger partial charge in [0.15, 0.2) is 11.6 Å². The monoisotopic (exact) mass is 273 g/mol. The van der Waals surface area contributed by atoms with Gasteiger partial charge in [-0.3, -0.25) is 0 Å². The van der Waals surface area contributed by atoms with Gasteiger partial charge in [-0.05, 0) is 55.8 Å². The smallest absolute Gasteiger partial charge is 0.159 e. The van der Waals surface area contributed by atoms with E-state index >= 15 is 0 Å². The molecular weight excluding hydrogens is 256 g/mol. The fourth-order valence-electron chi connectivity index (χ4n) is 2.40. The van der Waals surface area contributed by atoms with Gasteiger partial charge >= 0.3 is 0 Å². The first kappa shape index (κ1) is 13.8. The molecule has 1 nitrogen and oxygen atoms in total. The van der Waals surface area contributed by atoms with Gasteiger partial charge < -0.3 is 5.32 Å². The Morgan fingerprint density at radius 3 is 2.50 bits per heavy atom. The van der Waals surface area contributed by atoms with Crippen molar-refractivity contribution >= 4 is 11.6 Å². The Kier molecular flexibility index (Phi) is 4.95. The highest BCUT2D eigenvalue weighted by atomic mass is 35.5. The lowest BCUT2D eigenvalue weighted by Gasteiger charge is -2.25. The van der Waals surface area contributed by atoms with Crippen molar-refractivity contribution in [1.29, 1.82) is 0 Å². The first-order chi connectivity index (χ1) is 8.65. The van der Waals surface area contributed by atoms with Crippen molar-refractivity contribution < 1.29 is 8.78 Å². The van der Waals surface area contributed by atoms with Gasteiger partial charge in [0.05, 0.1) is 0 Å². The molecule has 1 aromatic carbocycles. The van der Waals surface area contributed by atoms with E-state index in [1.165, 1.54) is 12.1 Å². The van der Waals surface area contributed by atoms with Crippen LogP contribution in [-0.2, 0) is 6.54 Å². The summed E-state index contributed by atoms with van der Waals surface area (Å²) < 4.78 is 25.7. The third-order valence-corrected chi connectivity index (χ3v) is 3.96. The van der Waals surface area contributed by atoms with E-state index in [2.05, 4.69) is 5.32 Å². The Hall–Kier alpha value is -0.670. The van der Waals surface area contributed by atoms with Crippen molar-refractivity contribution in [3.8, 4) is 0 Å². The Labute approximate surface area is 112 Å². The van der Waals surface area contributed by atoms with Crippen molar-refractivity contribution in [2.45, 2.75) is 37.6 Å². The van der Waals surface area contributed by atoms with Crippen LogP contribution in [-0.4, -0.2) is 11.9 Å². The molecule has 1 aliphatic carbocycles. The zero-order valence-corrected chi connectivity index (χ0v) is 11.0. The van der Waals surface area contributed by atoms with Crippen molar-refractivity contribution in [2.75, 3.05) is 6.54 Å². The average molecular weight is 274 g/mol. The van der Waals surface area contributed by atoms with E-state index in [4.69, 9.17) is 11.6 Å². The maximum atomic E-state index is 13.0. The van der Waals surface area contributed by atoms with Crippen LogP contribution in [0, 0.1) is 17.6 Å². The fourth-order valence-corrected chi connectivity index (χ4v) is 2.65. The molecule has 18 heavy (non-hydrogen) atoms. The summed E-state index contributed by atoms with van der Waals surface area (Å²) >= 11 is 6.05. The van der Waals surface area contributed by atoms with Crippen molar-refractivity contribution in [3.05, 3.63) is 35.4 Å². The molecule has 2 rings (SSSR count). The van der Waals surface area contributed by atoms with Crippen molar-refractivity contribution in [1.82, 2.24) is 5.32 Å². The van der Waals surface area contributed by atoms with E-state index in [0.29, 0.717) is 17.8 Å². The summed E-state index contributed by atoms with van der Waals surface area (Å²) in [6.07, 6.45) is 4.47. The van der Waals surface area contributed by atoms with E-state index in [1.807, 2.05) is 0 Å². The van der Waals surface area contributed by atoms with Crippen molar-refractivity contribution in [2.24, 2.45) is 5.92 Å². The van der Waals surface area contributed by atoms with Gasteiger partial charge in [-0.1, -0.05) is 6.07 Å². The Morgan fingerprint density at radius 2 is 1.83 bits per heavy atom. The highest BCUT2D eigenvalue weighted by molar-refractivity contribution is 6.20. The molecule has 0 spiro atoms. The lowest BCUT2D eigenvalue weighted by Crippen LogP contribution is -2.26. The van der Waals surface area contributed by atoms with E-state index < -0.39 is 11.6 Å². The van der Waals surface area contributed by atoms with Gasteiger partial charge in [0.1, 0.15) is 0 Å². The maximum Gasteiger partial charge on any atom is 0.159 e. The molecule has 0 amide bonds. The minimum Gasteiger partial charge on any atom is -0.312 e. The van der Waals surface area contributed by atoms with Crippen LogP contribution in [0.25, 0.3) is 0 Å². The summed E-state index contributed by atoms with van der Waals surface area (Å²) in [6, 6.07) is 4.03. The summed E-state index contributed by atoms with van der Waals surface area (Å²) in [5.41, 5.74) is 0.778. The predicted molar refractivity (Wildman–Crippen MR) is 69.7 cm³/mol. The van der Waals surface area contributed by atoms with Gasteiger partial charge in [0.2, 0.25) is 0 Å². The molecule has 0 heterocycles. The molecule has 1 N–H and O–H groups in total. The number of nitrogens with one attached hydrogen (secondary N) is 1. The second-order valence-corrected chi connectivity index (χ2v) is 5.61. The maximum absolute atomic E-state index is 13.0. The largest absolute Gasteiger partial charge is 0.312 e. The molecule has 1 saturated carbocycles. The average Bonchev–Trinajstić information content (AvgIpc) is 2.36. The highest BCUT2D eigenvalue weighted by Gasteiger charge is 2.18. The van der Waals surface area contributed by atoms with Crippen LogP contribution in [0.3, 0.4) is 0 Å². The van der Waals surface area contributed by atoms with Crippen molar-refractivity contribution in [3.63, 3.8) is 0 Å². The minimum atomic E-state index is -0.792. The van der Waals surface area contributed by atoms with Gasteiger partial charge in [-0.2, -0.15) is 0 Å². The zero-order valence-electron chi connectivity index (χ0n) is 10.3. The number of halogens is 3. The number of hydrogen-bond acceptors (Lipinski definition) is 1. The number of rotatable bonds is 4. The Morgan fingerprint density at radius 1 is 1.11 bits per heavy atom. The van der Waals surface area contributed by atoms with E-state index in [-0.39, 0.29) is 0 Å². The molecule has 4 heteroatoms. The van der Waals surface area contributed by atoms with Gasteiger partial charge in [0.25, 0.3) is 0 Å². The first-order valence-corrected chi connectivity index (χ1v) is 6.87. The molecule has 1 aliphatic rings. The lowest BCUT2D eigenvalue weighted by molar-refractivity contribution is 0.345. The number of hydrogen-bond donors (Lipinski definition) is 1. The fraction of sp³-hybridized carbons (Fsp3) is 0.571. The molecule has 0 aromatic heterocycles. The standard InChI is InChI=1S/C14H18ClF2N/c15-12-4-1-10(2-5-12)8-18-9-11-3-6-13(16)14(17)7-11/h3,6-7,10,12,18H,1-2,4-5,8-9H2. The topological polar surface area (TPSA) is 12.0 Å². The second kappa shape index (κ2) is 6.48. The highest BCUT2D eigenvalue weighted by Crippen LogP contribution is 2.27. The molecule has 0 radical (unpaired) electrons. The molecule has 0 atom stereocenters. The number of benzene rings is 1. The Balaban J connectivity index is 1.73. The third-order valence-electron chi connectivity index (χ3n) is 3.52. The third kappa shape index (κ3) is 3.92. The molecule has 0 aliphatic heterocycles. The summed E-state index contributed by atoms with van der Waals surface area (Å²) in [5.74, 6) is -0.915. The SMILES string of the molecule is Fc1ccc(CNCC2CCC(Cl)CC2)cc1F. The predicted octanol–water partition coefficient (Wildman–Crippen LogP) is 3.85. The zero-order chi connectivity index (χ0) is 13.0. The molecule has 0 saturated heterocycles. The second-order valence-electron chi connectivity index (χ2n) is 5.00. The quantitative estimate of drug-likeness (QED) is 0.822. The van der Waals surface area contributed by atoms with Crippen LogP contribution >= 0.6 is 11.6 Å². The van der Waals surface area contributed by atoms with Gasteiger partial charge in [-0.15, -0.1) is 11.6 Å². The van der Waals surface area contributed by atoms with E-state index in [1.54, 1.807) is 6.07 Å².